The second-order valence-corrected chi connectivity index (χ2v) is 9.44. The number of hydrogen-bond acceptors (Lipinski definition) is 2. The third-order valence-corrected chi connectivity index (χ3v) is 7.03. The maximum atomic E-state index is 15.5. The maximum Gasteiger partial charge on any atom is 0.203 e. The molecule has 0 N–H and O–H groups in total. The fourth-order valence-electron chi connectivity index (χ4n) is 5.16. The zero-order valence-corrected chi connectivity index (χ0v) is 20.8. The van der Waals surface area contributed by atoms with Crippen molar-refractivity contribution in [1.29, 1.82) is 0 Å². The zero-order valence-electron chi connectivity index (χ0n) is 20.8. The van der Waals surface area contributed by atoms with Crippen molar-refractivity contribution in [3.63, 3.8) is 0 Å². The van der Waals surface area contributed by atoms with Crippen molar-refractivity contribution in [3.05, 3.63) is 82.4 Å². The molecule has 2 aliphatic rings. The topological polar surface area (TPSA) is 18.5 Å². The first-order valence-electron chi connectivity index (χ1n) is 12.5. The lowest BCUT2D eigenvalue weighted by atomic mass is 9.82. The van der Waals surface area contributed by atoms with Gasteiger partial charge in [-0.2, -0.15) is 4.39 Å². The summed E-state index contributed by atoms with van der Waals surface area (Å²) in [5.41, 5.74) is 1.51. The monoisotopic (exact) mass is 516 g/mol. The molecule has 3 aromatic carbocycles. The highest BCUT2D eigenvalue weighted by molar-refractivity contribution is 5.80. The number of rotatable bonds is 5. The normalized spacial score (nSPS) is 15.7. The fraction of sp³-hybridized carbons (Fsp3) is 0.250. The van der Waals surface area contributed by atoms with E-state index in [0.29, 0.717) is 35.6 Å². The van der Waals surface area contributed by atoms with Gasteiger partial charge in [-0.3, -0.25) is 0 Å². The molecule has 0 radical (unpaired) electrons. The van der Waals surface area contributed by atoms with E-state index in [1.165, 1.54) is 12.1 Å². The van der Waals surface area contributed by atoms with Crippen LogP contribution in [0.25, 0.3) is 28.0 Å². The molecule has 5 rings (SSSR count). The number of halogens is 4. The fourth-order valence-corrected chi connectivity index (χ4v) is 5.16. The molecule has 3 aromatic rings. The van der Waals surface area contributed by atoms with Crippen LogP contribution >= 0.6 is 0 Å². The van der Waals surface area contributed by atoms with Crippen molar-refractivity contribution < 1.29 is 27.0 Å². The molecular formula is C32H24F4O2. The molecule has 192 valence electrons. The highest BCUT2D eigenvalue weighted by atomic mass is 19.2. The minimum Gasteiger partial charge on any atom is -0.493 e. The van der Waals surface area contributed by atoms with Crippen molar-refractivity contribution in [3.8, 4) is 52.4 Å². The van der Waals surface area contributed by atoms with Gasteiger partial charge in [-0.15, -0.1) is 6.42 Å². The molecule has 6 heteroatoms. The summed E-state index contributed by atoms with van der Waals surface area (Å²) < 4.78 is 71.5. The molecule has 0 aromatic heterocycles. The first-order valence-corrected chi connectivity index (χ1v) is 12.5. The van der Waals surface area contributed by atoms with Crippen LogP contribution in [0.5, 0.6) is 5.75 Å². The van der Waals surface area contributed by atoms with Crippen LogP contribution in [0, 0.1) is 53.6 Å². The van der Waals surface area contributed by atoms with E-state index < -0.39 is 29.0 Å². The summed E-state index contributed by atoms with van der Waals surface area (Å²) in [6, 6.07) is 9.80. The van der Waals surface area contributed by atoms with E-state index in [1.54, 1.807) is 12.1 Å². The Kier molecular flexibility index (Phi) is 7.16. The average Bonchev–Trinajstić information content (AvgIpc) is 2.94. The smallest absolute Gasteiger partial charge is 0.203 e. The van der Waals surface area contributed by atoms with E-state index in [9.17, 15) is 4.39 Å². The summed E-state index contributed by atoms with van der Waals surface area (Å²) in [6.45, 7) is 2.81. The Morgan fingerprint density at radius 1 is 0.921 bits per heavy atom. The summed E-state index contributed by atoms with van der Waals surface area (Å²) >= 11 is 0. The lowest BCUT2D eigenvalue weighted by Crippen LogP contribution is -2.13. The van der Waals surface area contributed by atoms with Gasteiger partial charge in [0.05, 0.1) is 6.61 Å². The lowest BCUT2D eigenvalue weighted by molar-refractivity contribution is 0.193. The van der Waals surface area contributed by atoms with E-state index in [2.05, 4.69) is 25.0 Å². The van der Waals surface area contributed by atoms with Crippen molar-refractivity contribution in [1.82, 2.24) is 0 Å². The molecule has 38 heavy (non-hydrogen) atoms. The van der Waals surface area contributed by atoms with Crippen molar-refractivity contribution in [2.75, 3.05) is 6.61 Å². The Bertz CT molecular complexity index is 1540. The Labute approximate surface area is 219 Å². The maximum absolute atomic E-state index is 15.5. The molecule has 0 amide bonds. The molecule has 0 spiro atoms. The number of allylic oxidation sites excluding steroid dienone is 1. The van der Waals surface area contributed by atoms with Crippen LogP contribution in [-0.2, 0) is 17.6 Å². The number of ether oxygens (including phenoxy) is 2. The van der Waals surface area contributed by atoms with Crippen LogP contribution in [0.3, 0.4) is 0 Å². The number of hydrogen-bond donors (Lipinski definition) is 0. The Balaban J connectivity index is 1.48. The highest BCUT2D eigenvalue weighted by Gasteiger charge is 2.31. The van der Waals surface area contributed by atoms with E-state index in [0.717, 1.165) is 30.6 Å². The zero-order chi connectivity index (χ0) is 26.8. The molecular weight excluding hydrogens is 492 g/mol. The van der Waals surface area contributed by atoms with Crippen molar-refractivity contribution in [2.24, 2.45) is 5.92 Å². The van der Waals surface area contributed by atoms with E-state index >= 15 is 13.2 Å². The number of terminal acetylenes is 1. The quantitative estimate of drug-likeness (QED) is 0.254. The Morgan fingerprint density at radius 3 is 2.21 bits per heavy atom. The van der Waals surface area contributed by atoms with E-state index in [4.69, 9.17) is 15.9 Å². The summed E-state index contributed by atoms with van der Waals surface area (Å²) in [4.78, 5) is 0. The second-order valence-electron chi connectivity index (χ2n) is 9.44. The number of aryl methyl sites for hydroxylation is 2. The van der Waals surface area contributed by atoms with Gasteiger partial charge in [0.1, 0.15) is 11.9 Å². The third kappa shape index (κ3) is 4.63. The first-order chi connectivity index (χ1) is 18.4. The van der Waals surface area contributed by atoms with Gasteiger partial charge in [0.25, 0.3) is 0 Å². The Morgan fingerprint density at radius 2 is 1.58 bits per heavy atom. The molecule has 0 bridgehead atoms. The SMILES string of the molecule is C#CC#COc1cc2c(c(F)c1F)-c1c(cc(-c3ccc(C4=CCC(CCC)CO4)cc3)c(F)c1F)CC2. The number of fused-ring (bicyclic) bond motifs is 3. The average molecular weight is 517 g/mol. The van der Waals surface area contributed by atoms with Crippen LogP contribution in [0.1, 0.15) is 42.9 Å². The molecule has 0 fully saturated rings. The van der Waals surface area contributed by atoms with Crippen molar-refractivity contribution in [2.45, 2.75) is 39.0 Å². The molecule has 2 nitrogen and oxygen atoms in total. The van der Waals surface area contributed by atoms with Crippen LogP contribution in [-0.4, -0.2) is 6.61 Å². The van der Waals surface area contributed by atoms with Crippen LogP contribution in [0.15, 0.2) is 42.5 Å². The standard InChI is InChI=1S/C32H24F4O2/c1-3-5-15-37-26-17-23-13-12-22-16-24(29(33)31(35)27(22)28(23)32(36)30(26)34)20-8-10-21(11-9-20)25-14-7-19(6-4-2)18-38-25/h1,8-11,14,16-17,19H,4,6-7,12-13,18H2,2H3. The van der Waals surface area contributed by atoms with E-state index in [-0.39, 0.29) is 23.1 Å². The van der Waals surface area contributed by atoms with Gasteiger partial charge in [0, 0.05) is 28.2 Å². The van der Waals surface area contributed by atoms with Gasteiger partial charge < -0.3 is 9.47 Å². The van der Waals surface area contributed by atoms with Gasteiger partial charge in [0.15, 0.2) is 23.2 Å². The number of benzene rings is 3. The van der Waals surface area contributed by atoms with Gasteiger partial charge in [0.2, 0.25) is 5.82 Å². The van der Waals surface area contributed by atoms with E-state index in [1.807, 2.05) is 18.1 Å². The third-order valence-electron chi connectivity index (χ3n) is 7.03. The minimum absolute atomic E-state index is 0.0585. The minimum atomic E-state index is -1.34. The predicted octanol–water partition coefficient (Wildman–Crippen LogP) is 7.83. The largest absolute Gasteiger partial charge is 0.493 e. The van der Waals surface area contributed by atoms with Gasteiger partial charge >= 0.3 is 0 Å². The first kappa shape index (κ1) is 25.5. The van der Waals surface area contributed by atoms with Crippen LogP contribution < -0.4 is 4.74 Å². The predicted molar refractivity (Wildman–Crippen MR) is 139 cm³/mol. The summed E-state index contributed by atoms with van der Waals surface area (Å²) in [6.07, 6.45) is 12.9. The van der Waals surface area contributed by atoms with Crippen LogP contribution in [0.4, 0.5) is 17.6 Å². The molecule has 0 saturated heterocycles. The van der Waals surface area contributed by atoms with Crippen molar-refractivity contribution >= 4 is 5.76 Å². The van der Waals surface area contributed by atoms with Gasteiger partial charge in [-0.1, -0.05) is 37.6 Å². The van der Waals surface area contributed by atoms with Gasteiger partial charge in [-0.05, 0) is 72.4 Å². The van der Waals surface area contributed by atoms with Gasteiger partial charge in [-0.25, -0.2) is 13.2 Å². The molecule has 1 heterocycles. The summed E-state index contributed by atoms with van der Waals surface area (Å²) in [7, 11) is 0. The molecule has 1 unspecified atom stereocenters. The molecule has 1 aliphatic carbocycles. The highest BCUT2D eigenvalue weighted by Crippen LogP contribution is 2.43. The summed E-state index contributed by atoms with van der Waals surface area (Å²) in [5.74, 6) is -0.0164. The Hall–Kier alpha value is -4.16. The second kappa shape index (κ2) is 10.7. The molecule has 1 aliphatic heterocycles. The lowest BCUT2D eigenvalue weighted by Gasteiger charge is -2.24. The van der Waals surface area contributed by atoms with Crippen LogP contribution in [0.2, 0.25) is 0 Å². The molecule has 0 saturated carbocycles. The summed E-state index contributed by atoms with van der Waals surface area (Å²) in [5, 5.41) is 0. The molecule has 1 atom stereocenters.